The number of hydrogen-bond donors (Lipinski definition) is 0. The Bertz CT molecular complexity index is 333. The molecule has 0 spiro atoms. The monoisotopic (exact) mass is 213 g/mol. The Labute approximate surface area is 86.4 Å². The minimum absolute atomic E-state index is 0.375. The predicted molar refractivity (Wildman–Crippen MR) is 53.4 cm³/mol. The number of hydrogen-bond acceptors (Lipinski definition) is 5. The number of carbonyl (C=O) groups excluding carboxylic acids is 2. The maximum Gasteiger partial charge on any atom is 0.318 e. The van der Waals surface area contributed by atoms with E-state index in [-0.39, 0.29) is 5.97 Å². The molecule has 0 aromatic rings. The number of ether oxygens (including phenoxy) is 1. The number of aliphatic imine (C=N–C) groups is 1. The highest BCUT2D eigenvalue weighted by Crippen LogP contribution is 2.46. The Morgan fingerprint density at radius 1 is 1.79 bits per heavy atom. The van der Waals surface area contributed by atoms with Crippen molar-refractivity contribution in [3.05, 3.63) is 11.0 Å². The van der Waals surface area contributed by atoms with Gasteiger partial charge in [-0.25, -0.2) is 4.79 Å². The van der Waals surface area contributed by atoms with E-state index < -0.39 is 10.8 Å². The lowest BCUT2D eigenvalue weighted by Crippen LogP contribution is -2.36. The van der Waals surface area contributed by atoms with Gasteiger partial charge in [0.2, 0.25) is 6.08 Å². The third-order valence-electron chi connectivity index (χ3n) is 2.47. The number of esters is 1. The summed E-state index contributed by atoms with van der Waals surface area (Å²) in [7, 11) is 1.32. The van der Waals surface area contributed by atoms with Crippen LogP contribution in [-0.4, -0.2) is 24.5 Å². The standard InChI is InChI=1S/C9H11NO3S/c1-6-4-14-7(10-5-11)9(6,2)8(12)13-3/h4,7H,1-3H3. The van der Waals surface area contributed by atoms with E-state index in [2.05, 4.69) is 4.99 Å². The molecule has 0 aliphatic carbocycles. The molecule has 14 heavy (non-hydrogen) atoms. The first-order valence-corrected chi connectivity index (χ1v) is 4.99. The average molecular weight is 213 g/mol. The van der Waals surface area contributed by atoms with Crippen LogP contribution < -0.4 is 0 Å². The second-order valence-corrected chi connectivity index (χ2v) is 4.16. The van der Waals surface area contributed by atoms with Crippen LogP contribution in [0.4, 0.5) is 0 Å². The van der Waals surface area contributed by atoms with Gasteiger partial charge in [-0.05, 0) is 24.8 Å². The van der Waals surface area contributed by atoms with Crippen LogP contribution in [0.5, 0.6) is 0 Å². The summed E-state index contributed by atoms with van der Waals surface area (Å²) < 4.78 is 4.70. The summed E-state index contributed by atoms with van der Waals surface area (Å²) in [6, 6.07) is 0. The van der Waals surface area contributed by atoms with Gasteiger partial charge in [-0.2, -0.15) is 4.99 Å². The first-order valence-electron chi connectivity index (χ1n) is 4.05. The van der Waals surface area contributed by atoms with Gasteiger partial charge in [-0.3, -0.25) is 4.79 Å². The SMILES string of the molecule is COC(=O)C1(C)C(C)=CSC1N=C=O. The van der Waals surface area contributed by atoms with Crippen LogP contribution >= 0.6 is 11.8 Å². The summed E-state index contributed by atoms with van der Waals surface area (Å²) in [5.41, 5.74) is 0.0231. The number of methoxy groups -OCH3 is 1. The molecule has 5 heteroatoms. The van der Waals surface area contributed by atoms with Crippen molar-refractivity contribution in [2.45, 2.75) is 19.2 Å². The van der Waals surface area contributed by atoms with Crippen LogP contribution in [0.2, 0.25) is 0 Å². The van der Waals surface area contributed by atoms with Gasteiger partial charge in [0.25, 0.3) is 0 Å². The van der Waals surface area contributed by atoms with Crippen molar-refractivity contribution >= 4 is 23.8 Å². The molecule has 0 saturated carbocycles. The minimum Gasteiger partial charge on any atom is -0.468 e. The Hall–Kier alpha value is -1.06. The second kappa shape index (κ2) is 3.98. The second-order valence-electron chi connectivity index (χ2n) is 3.20. The molecule has 76 valence electrons. The van der Waals surface area contributed by atoms with Gasteiger partial charge >= 0.3 is 5.97 Å². The Kier molecular flexibility index (Phi) is 3.13. The molecule has 0 N–H and O–H groups in total. The lowest BCUT2D eigenvalue weighted by molar-refractivity contribution is -0.149. The normalized spacial score (nSPS) is 30.5. The van der Waals surface area contributed by atoms with E-state index >= 15 is 0 Å². The van der Waals surface area contributed by atoms with Gasteiger partial charge in [-0.1, -0.05) is 0 Å². The van der Waals surface area contributed by atoms with Gasteiger partial charge < -0.3 is 4.74 Å². The van der Waals surface area contributed by atoms with E-state index in [0.717, 1.165) is 5.57 Å². The molecule has 1 aliphatic heterocycles. The maximum absolute atomic E-state index is 11.6. The maximum atomic E-state index is 11.6. The molecule has 2 atom stereocenters. The van der Waals surface area contributed by atoms with Crippen molar-refractivity contribution in [2.24, 2.45) is 10.4 Å². The largest absolute Gasteiger partial charge is 0.468 e. The summed E-state index contributed by atoms with van der Waals surface area (Å²) in [4.78, 5) is 25.4. The van der Waals surface area contributed by atoms with Gasteiger partial charge in [-0.15, -0.1) is 11.8 Å². The molecule has 0 aromatic heterocycles. The summed E-state index contributed by atoms with van der Waals surface area (Å²) in [6.45, 7) is 3.54. The zero-order chi connectivity index (χ0) is 10.8. The highest BCUT2D eigenvalue weighted by Gasteiger charge is 2.48. The van der Waals surface area contributed by atoms with Crippen LogP contribution in [0.3, 0.4) is 0 Å². The number of carbonyl (C=O) groups is 1. The Balaban J connectivity index is 3.06. The molecule has 2 unspecified atom stereocenters. The van der Waals surface area contributed by atoms with Gasteiger partial charge in [0.1, 0.15) is 10.8 Å². The first-order chi connectivity index (χ1) is 6.57. The van der Waals surface area contributed by atoms with E-state index in [4.69, 9.17) is 4.74 Å². The first kappa shape index (κ1) is 11.0. The highest BCUT2D eigenvalue weighted by molar-refractivity contribution is 8.03. The van der Waals surface area contributed by atoms with Gasteiger partial charge in [0, 0.05) is 0 Å². The van der Waals surface area contributed by atoms with Crippen LogP contribution in [0.1, 0.15) is 13.8 Å². The van der Waals surface area contributed by atoms with E-state index in [1.807, 2.05) is 12.3 Å². The average Bonchev–Trinajstić information content (AvgIpc) is 2.46. The zero-order valence-electron chi connectivity index (χ0n) is 8.23. The fourth-order valence-electron chi connectivity index (χ4n) is 1.30. The smallest absolute Gasteiger partial charge is 0.318 e. The summed E-state index contributed by atoms with van der Waals surface area (Å²) in [5.74, 6) is -0.375. The molecule has 0 radical (unpaired) electrons. The van der Waals surface area contributed by atoms with E-state index in [1.165, 1.54) is 25.0 Å². The van der Waals surface area contributed by atoms with Crippen molar-refractivity contribution < 1.29 is 14.3 Å². The lowest BCUT2D eigenvalue weighted by Gasteiger charge is -2.26. The van der Waals surface area contributed by atoms with Crippen molar-refractivity contribution in [1.82, 2.24) is 0 Å². The molecule has 1 heterocycles. The van der Waals surface area contributed by atoms with E-state index in [1.54, 1.807) is 6.92 Å². The van der Waals surface area contributed by atoms with Crippen molar-refractivity contribution in [2.75, 3.05) is 7.11 Å². The summed E-state index contributed by atoms with van der Waals surface area (Å²) >= 11 is 1.33. The highest BCUT2D eigenvalue weighted by atomic mass is 32.2. The third kappa shape index (κ3) is 1.49. The molecular weight excluding hydrogens is 202 g/mol. The Morgan fingerprint density at radius 3 is 2.93 bits per heavy atom. The van der Waals surface area contributed by atoms with E-state index in [0.29, 0.717) is 0 Å². The third-order valence-corrected chi connectivity index (χ3v) is 3.79. The molecule has 0 saturated heterocycles. The van der Waals surface area contributed by atoms with Crippen LogP contribution in [0, 0.1) is 5.41 Å². The predicted octanol–water partition coefficient (Wildman–Crippen LogP) is 1.48. The number of nitrogens with zero attached hydrogens (tertiary/aromatic N) is 1. The fourth-order valence-corrected chi connectivity index (χ4v) is 2.54. The number of rotatable bonds is 2. The molecule has 0 fully saturated rings. The van der Waals surface area contributed by atoms with Crippen molar-refractivity contribution in [3.8, 4) is 0 Å². The number of isocyanates is 1. The fraction of sp³-hybridized carbons (Fsp3) is 0.556. The molecule has 0 amide bonds. The topological polar surface area (TPSA) is 55.7 Å². The van der Waals surface area contributed by atoms with Crippen LogP contribution in [0.15, 0.2) is 16.0 Å². The molecule has 1 rings (SSSR count). The quantitative estimate of drug-likeness (QED) is 0.396. The zero-order valence-corrected chi connectivity index (χ0v) is 9.05. The molecule has 1 aliphatic rings. The molecule has 0 bridgehead atoms. The molecular formula is C9H11NO3S. The summed E-state index contributed by atoms with van der Waals surface area (Å²) in [6.07, 6.45) is 1.48. The summed E-state index contributed by atoms with van der Waals surface area (Å²) in [5, 5.41) is 1.37. The van der Waals surface area contributed by atoms with Crippen LogP contribution in [0.25, 0.3) is 0 Å². The molecule has 0 aromatic carbocycles. The minimum atomic E-state index is -0.836. The number of thioether (sulfide) groups is 1. The van der Waals surface area contributed by atoms with E-state index in [9.17, 15) is 9.59 Å². The van der Waals surface area contributed by atoms with Crippen molar-refractivity contribution in [3.63, 3.8) is 0 Å². The van der Waals surface area contributed by atoms with Crippen molar-refractivity contribution in [1.29, 1.82) is 0 Å². The Morgan fingerprint density at radius 2 is 2.43 bits per heavy atom. The lowest BCUT2D eigenvalue weighted by atomic mass is 9.84. The van der Waals surface area contributed by atoms with Gasteiger partial charge in [0.05, 0.1) is 7.11 Å². The van der Waals surface area contributed by atoms with Gasteiger partial charge in [0.15, 0.2) is 0 Å². The molecule has 4 nitrogen and oxygen atoms in total. The van der Waals surface area contributed by atoms with Crippen LogP contribution in [-0.2, 0) is 14.3 Å².